The van der Waals surface area contributed by atoms with Crippen molar-refractivity contribution in [3.05, 3.63) is 99.6 Å². The summed E-state index contributed by atoms with van der Waals surface area (Å²) in [4.78, 5) is 23.2. The fourth-order valence-corrected chi connectivity index (χ4v) is 5.64. The first-order valence-corrected chi connectivity index (χ1v) is 13.7. The number of nitrogens with one attached hydrogen (secondary N) is 1. The molecule has 0 heterocycles. The molecule has 0 saturated carbocycles. The summed E-state index contributed by atoms with van der Waals surface area (Å²) in [6.45, 7) is -0.128. The highest BCUT2D eigenvalue weighted by molar-refractivity contribution is 7.98. The van der Waals surface area contributed by atoms with E-state index < -0.39 is 27.4 Å². The molecular weight excluding hydrogens is 510 g/mol. The molecule has 0 aromatic heterocycles. The fraction of sp³-hybridized carbons (Fsp3) is 0.208. The van der Waals surface area contributed by atoms with Crippen molar-refractivity contribution in [2.75, 3.05) is 23.1 Å². The highest BCUT2D eigenvalue weighted by Crippen LogP contribution is 2.26. The minimum atomic E-state index is -4.13. The van der Waals surface area contributed by atoms with Crippen molar-refractivity contribution >= 4 is 50.7 Å². The fourth-order valence-electron chi connectivity index (χ4n) is 3.16. The van der Waals surface area contributed by atoms with Gasteiger partial charge in [-0.3, -0.25) is 19.2 Å². The number of anilines is 1. The SMILES string of the molecule is O=C(CN(c1cccc([N+](=O)[O-])c1)S(=O)(=O)c1ccccc1)NCCCSCc1ccc(Cl)cc1. The van der Waals surface area contributed by atoms with Crippen LogP contribution in [0, 0.1) is 10.1 Å². The number of nitrogens with zero attached hydrogens (tertiary/aromatic N) is 2. The number of hydrogen-bond donors (Lipinski definition) is 1. The molecule has 1 amide bonds. The maximum Gasteiger partial charge on any atom is 0.271 e. The normalized spacial score (nSPS) is 11.1. The number of amides is 1. The molecule has 184 valence electrons. The Morgan fingerprint density at radius 3 is 2.43 bits per heavy atom. The Bertz CT molecular complexity index is 1260. The molecule has 0 atom stereocenters. The zero-order valence-electron chi connectivity index (χ0n) is 18.7. The van der Waals surface area contributed by atoms with Gasteiger partial charge in [0, 0.05) is 29.5 Å². The Labute approximate surface area is 213 Å². The molecule has 3 aromatic rings. The number of halogens is 1. The van der Waals surface area contributed by atoms with Crippen LogP contribution >= 0.6 is 23.4 Å². The van der Waals surface area contributed by atoms with Crippen LogP contribution < -0.4 is 9.62 Å². The number of rotatable bonds is 12. The average Bonchev–Trinajstić information content (AvgIpc) is 2.86. The number of hydrogen-bond acceptors (Lipinski definition) is 6. The molecule has 0 bridgehead atoms. The third kappa shape index (κ3) is 7.71. The lowest BCUT2D eigenvalue weighted by molar-refractivity contribution is -0.384. The highest BCUT2D eigenvalue weighted by atomic mass is 35.5. The van der Waals surface area contributed by atoms with Crippen molar-refractivity contribution in [2.24, 2.45) is 0 Å². The molecule has 0 unspecified atom stereocenters. The predicted octanol–water partition coefficient (Wildman–Crippen LogP) is 4.88. The molecule has 8 nitrogen and oxygen atoms in total. The highest BCUT2D eigenvalue weighted by Gasteiger charge is 2.28. The molecule has 0 radical (unpaired) electrons. The second kappa shape index (κ2) is 12.6. The number of thioether (sulfide) groups is 1. The van der Waals surface area contributed by atoms with E-state index >= 15 is 0 Å². The van der Waals surface area contributed by atoms with Gasteiger partial charge < -0.3 is 5.32 Å². The average molecular weight is 534 g/mol. The molecule has 3 aromatic carbocycles. The van der Waals surface area contributed by atoms with Crippen molar-refractivity contribution in [1.29, 1.82) is 0 Å². The van der Waals surface area contributed by atoms with E-state index in [4.69, 9.17) is 11.6 Å². The van der Waals surface area contributed by atoms with E-state index in [0.29, 0.717) is 18.0 Å². The van der Waals surface area contributed by atoms with Gasteiger partial charge in [0.15, 0.2) is 0 Å². The summed E-state index contributed by atoms with van der Waals surface area (Å²) in [6.07, 6.45) is 0.701. The van der Waals surface area contributed by atoms with Crippen LogP contribution in [0.1, 0.15) is 12.0 Å². The van der Waals surface area contributed by atoms with Crippen LogP contribution in [0.5, 0.6) is 0 Å². The van der Waals surface area contributed by atoms with Crippen LogP contribution in [0.3, 0.4) is 0 Å². The van der Waals surface area contributed by atoms with Gasteiger partial charge in [0.25, 0.3) is 15.7 Å². The monoisotopic (exact) mass is 533 g/mol. The Morgan fingerprint density at radius 2 is 1.74 bits per heavy atom. The smallest absolute Gasteiger partial charge is 0.271 e. The van der Waals surface area contributed by atoms with Gasteiger partial charge in [-0.2, -0.15) is 11.8 Å². The summed E-state index contributed by atoms with van der Waals surface area (Å²) >= 11 is 7.60. The van der Waals surface area contributed by atoms with Gasteiger partial charge in [0.2, 0.25) is 5.91 Å². The molecule has 11 heteroatoms. The predicted molar refractivity (Wildman–Crippen MR) is 139 cm³/mol. The molecule has 0 spiro atoms. The number of non-ortho nitro benzene ring substituents is 1. The van der Waals surface area contributed by atoms with Crippen molar-refractivity contribution in [3.8, 4) is 0 Å². The Hall–Kier alpha value is -3.08. The second-order valence-corrected chi connectivity index (χ2v) is 10.9. The van der Waals surface area contributed by atoms with Crippen LogP contribution in [0.2, 0.25) is 5.02 Å². The van der Waals surface area contributed by atoms with Gasteiger partial charge >= 0.3 is 0 Å². The van der Waals surface area contributed by atoms with Gasteiger partial charge in [0.1, 0.15) is 6.54 Å². The third-order valence-corrected chi connectivity index (χ3v) is 8.07. The van der Waals surface area contributed by atoms with Crippen LogP contribution in [0.25, 0.3) is 0 Å². The third-order valence-electron chi connectivity index (χ3n) is 4.92. The summed E-state index contributed by atoms with van der Waals surface area (Å²) in [7, 11) is -4.13. The molecule has 3 rings (SSSR count). The maximum atomic E-state index is 13.3. The molecule has 0 aliphatic heterocycles. The summed E-state index contributed by atoms with van der Waals surface area (Å²) in [5.74, 6) is 1.12. The van der Waals surface area contributed by atoms with Crippen LogP contribution in [0.15, 0.2) is 83.8 Å². The summed E-state index contributed by atoms with van der Waals surface area (Å²) in [5, 5.41) is 14.6. The van der Waals surface area contributed by atoms with Crippen LogP contribution in [0.4, 0.5) is 11.4 Å². The Balaban J connectivity index is 1.62. The summed E-state index contributed by atoms with van der Waals surface area (Å²) in [5.41, 5.74) is 0.924. The minimum Gasteiger partial charge on any atom is -0.354 e. The number of carbonyl (C=O) groups is 1. The van der Waals surface area contributed by atoms with E-state index in [1.165, 1.54) is 30.3 Å². The summed E-state index contributed by atoms with van der Waals surface area (Å²) in [6, 6.07) is 20.5. The van der Waals surface area contributed by atoms with Crippen molar-refractivity contribution in [1.82, 2.24) is 5.32 Å². The first kappa shape index (κ1) is 26.5. The molecule has 1 N–H and O–H groups in total. The van der Waals surface area contributed by atoms with Crippen molar-refractivity contribution < 1.29 is 18.1 Å². The topological polar surface area (TPSA) is 110 Å². The number of carbonyl (C=O) groups excluding carboxylic acids is 1. The quantitative estimate of drug-likeness (QED) is 0.202. The number of sulfonamides is 1. The van der Waals surface area contributed by atoms with Gasteiger partial charge in [-0.15, -0.1) is 0 Å². The van der Waals surface area contributed by atoms with Gasteiger partial charge in [0.05, 0.1) is 15.5 Å². The standard InChI is InChI=1S/C24H24ClN3O5S2/c25-20-12-10-19(11-13-20)18-34-15-5-14-26-24(29)17-27(21-6-4-7-22(16-21)28(30)31)35(32,33)23-8-2-1-3-9-23/h1-4,6-13,16H,5,14-15,17-18H2,(H,26,29). The zero-order chi connectivity index (χ0) is 25.3. The Kier molecular flexibility index (Phi) is 9.53. The van der Waals surface area contributed by atoms with Crippen LogP contribution in [-0.4, -0.2) is 38.1 Å². The largest absolute Gasteiger partial charge is 0.354 e. The van der Waals surface area contributed by atoms with E-state index in [1.807, 2.05) is 24.3 Å². The first-order chi connectivity index (χ1) is 16.8. The molecule has 0 aliphatic carbocycles. The van der Waals surface area contributed by atoms with Gasteiger partial charge in [-0.1, -0.05) is 48.0 Å². The lowest BCUT2D eigenvalue weighted by Crippen LogP contribution is -2.41. The van der Waals surface area contributed by atoms with E-state index in [0.717, 1.165) is 27.4 Å². The number of nitro benzene ring substituents is 1. The summed E-state index contributed by atoms with van der Waals surface area (Å²) < 4.78 is 27.5. The van der Waals surface area contributed by atoms with E-state index in [9.17, 15) is 23.3 Å². The molecular formula is C24H24ClN3O5S2. The van der Waals surface area contributed by atoms with E-state index in [-0.39, 0.29) is 16.3 Å². The van der Waals surface area contributed by atoms with Crippen LogP contribution in [-0.2, 0) is 20.6 Å². The second-order valence-electron chi connectivity index (χ2n) is 7.48. The molecule has 0 fully saturated rings. The van der Waals surface area contributed by atoms with E-state index in [1.54, 1.807) is 30.0 Å². The number of benzene rings is 3. The van der Waals surface area contributed by atoms with Gasteiger partial charge in [-0.05, 0) is 48.1 Å². The van der Waals surface area contributed by atoms with Gasteiger partial charge in [-0.25, -0.2) is 8.42 Å². The van der Waals surface area contributed by atoms with E-state index in [2.05, 4.69) is 5.32 Å². The lowest BCUT2D eigenvalue weighted by atomic mass is 10.2. The molecule has 35 heavy (non-hydrogen) atoms. The van der Waals surface area contributed by atoms with Crippen molar-refractivity contribution in [3.63, 3.8) is 0 Å². The Morgan fingerprint density at radius 1 is 1.03 bits per heavy atom. The number of nitro groups is 1. The van der Waals surface area contributed by atoms with Crippen molar-refractivity contribution in [2.45, 2.75) is 17.1 Å². The maximum absolute atomic E-state index is 13.3. The molecule has 0 saturated heterocycles. The lowest BCUT2D eigenvalue weighted by Gasteiger charge is -2.24. The first-order valence-electron chi connectivity index (χ1n) is 10.7. The minimum absolute atomic E-state index is 0.0158. The molecule has 0 aliphatic rings. The zero-order valence-corrected chi connectivity index (χ0v) is 21.1.